The SMILES string of the molecule is COCCCNc1nc(Cl)nc2ncn(C(C)C)c12. The highest BCUT2D eigenvalue weighted by molar-refractivity contribution is 6.28. The molecule has 0 aliphatic carbocycles. The van der Waals surface area contributed by atoms with Crippen molar-refractivity contribution in [2.24, 2.45) is 0 Å². The third kappa shape index (κ3) is 3.13. The van der Waals surface area contributed by atoms with Gasteiger partial charge in [-0.15, -0.1) is 0 Å². The Morgan fingerprint density at radius 3 is 2.89 bits per heavy atom. The van der Waals surface area contributed by atoms with Crippen LogP contribution in [-0.2, 0) is 4.74 Å². The smallest absolute Gasteiger partial charge is 0.226 e. The molecule has 0 fully saturated rings. The van der Waals surface area contributed by atoms with Crippen molar-refractivity contribution < 1.29 is 4.74 Å². The first kappa shape index (κ1) is 14.0. The summed E-state index contributed by atoms with van der Waals surface area (Å²) >= 11 is 5.92. The number of nitrogens with zero attached hydrogens (tertiary/aromatic N) is 4. The van der Waals surface area contributed by atoms with E-state index in [9.17, 15) is 0 Å². The van der Waals surface area contributed by atoms with Crippen LogP contribution in [0.4, 0.5) is 5.82 Å². The molecule has 19 heavy (non-hydrogen) atoms. The van der Waals surface area contributed by atoms with Gasteiger partial charge in [0.05, 0.1) is 6.33 Å². The summed E-state index contributed by atoms with van der Waals surface area (Å²) in [6.07, 6.45) is 2.66. The zero-order valence-corrected chi connectivity index (χ0v) is 12.1. The van der Waals surface area contributed by atoms with E-state index in [1.165, 1.54) is 0 Å². The van der Waals surface area contributed by atoms with Crippen LogP contribution in [0, 0.1) is 0 Å². The van der Waals surface area contributed by atoms with Gasteiger partial charge in [0.1, 0.15) is 5.52 Å². The maximum absolute atomic E-state index is 5.92. The van der Waals surface area contributed by atoms with Crippen molar-refractivity contribution in [2.45, 2.75) is 26.3 Å². The van der Waals surface area contributed by atoms with Gasteiger partial charge >= 0.3 is 0 Å². The van der Waals surface area contributed by atoms with Crippen molar-refractivity contribution in [3.63, 3.8) is 0 Å². The molecule has 0 spiro atoms. The summed E-state index contributed by atoms with van der Waals surface area (Å²) in [6.45, 7) is 5.65. The number of fused-ring (bicyclic) bond motifs is 1. The molecule has 2 rings (SSSR count). The monoisotopic (exact) mass is 283 g/mol. The van der Waals surface area contributed by atoms with Crippen LogP contribution in [0.25, 0.3) is 11.2 Å². The van der Waals surface area contributed by atoms with Crippen LogP contribution in [0.2, 0.25) is 5.28 Å². The van der Waals surface area contributed by atoms with Crippen molar-refractivity contribution in [3.8, 4) is 0 Å². The van der Waals surface area contributed by atoms with Gasteiger partial charge in [-0.2, -0.15) is 9.97 Å². The normalized spacial score (nSPS) is 11.4. The Hall–Kier alpha value is -1.40. The van der Waals surface area contributed by atoms with Crippen molar-refractivity contribution >= 4 is 28.6 Å². The molecule has 104 valence electrons. The predicted molar refractivity (Wildman–Crippen MR) is 75.7 cm³/mol. The maximum atomic E-state index is 5.92. The molecule has 0 aliphatic heterocycles. The fourth-order valence-corrected chi connectivity index (χ4v) is 2.02. The molecule has 6 nitrogen and oxygen atoms in total. The van der Waals surface area contributed by atoms with Gasteiger partial charge in [-0.3, -0.25) is 0 Å². The van der Waals surface area contributed by atoms with E-state index < -0.39 is 0 Å². The minimum absolute atomic E-state index is 0.204. The van der Waals surface area contributed by atoms with Gasteiger partial charge in [0.15, 0.2) is 11.5 Å². The molecular formula is C12H18ClN5O. The largest absolute Gasteiger partial charge is 0.385 e. The van der Waals surface area contributed by atoms with E-state index in [1.807, 2.05) is 4.57 Å². The topological polar surface area (TPSA) is 64.9 Å². The van der Waals surface area contributed by atoms with Crippen molar-refractivity contribution in [1.82, 2.24) is 19.5 Å². The lowest BCUT2D eigenvalue weighted by Crippen LogP contribution is -2.09. The van der Waals surface area contributed by atoms with E-state index in [-0.39, 0.29) is 11.3 Å². The van der Waals surface area contributed by atoms with Gasteiger partial charge in [0, 0.05) is 26.3 Å². The Labute approximate surface area is 117 Å². The standard InChI is InChI=1S/C12H18ClN5O/c1-8(2)18-7-15-11-9(18)10(16-12(13)17-11)14-5-4-6-19-3/h7-8H,4-6H2,1-3H3,(H,14,16,17). The number of anilines is 1. The third-order valence-electron chi connectivity index (χ3n) is 2.77. The highest BCUT2D eigenvalue weighted by Gasteiger charge is 2.14. The fraction of sp³-hybridized carbons (Fsp3) is 0.583. The van der Waals surface area contributed by atoms with Crippen LogP contribution < -0.4 is 5.32 Å². The van der Waals surface area contributed by atoms with E-state index in [0.29, 0.717) is 12.3 Å². The summed E-state index contributed by atoms with van der Waals surface area (Å²) in [4.78, 5) is 12.7. The molecule has 0 saturated heterocycles. The van der Waals surface area contributed by atoms with Crippen LogP contribution in [0.1, 0.15) is 26.3 Å². The molecule has 0 saturated carbocycles. The molecule has 0 atom stereocenters. The maximum Gasteiger partial charge on any atom is 0.226 e. The Kier molecular flexibility index (Phi) is 4.55. The number of ether oxygens (including phenoxy) is 1. The molecule has 0 bridgehead atoms. The number of imidazole rings is 1. The zero-order chi connectivity index (χ0) is 13.8. The average Bonchev–Trinajstić information content (AvgIpc) is 2.78. The van der Waals surface area contributed by atoms with Gasteiger partial charge in [0.25, 0.3) is 0 Å². The van der Waals surface area contributed by atoms with Crippen molar-refractivity contribution in [1.29, 1.82) is 0 Å². The number of methoxy groups -OCH3 is 1. The second-order valence-corrected chi connectivity index (χ2v) is 4.87. The Bertz CT molecular complexity index is 554. The number of nitrogens with one attached hydrogen (secondary N) is 1. The van der Waals surface area contributed by atoms with E-state index in [0.717, 1.165) is 24.3 Å². The highest BCUT2D eigenvalue weighted by atomic mass is 35.5. The molecule has 2 aromatic rings. The van der Waals surface area contributed by atoms with E-state index in [1.54, 1.807) is 13.4 Å². The van der Waals surface area contributed by atoms with Gasteiger partial charge in [-0.25, -0.2) is 4.98 Å². The lowest BCUT2D eigenvalue weighted by molar-refractivity contribution is 0.198. The molecule has 0 amide bonds. The summed E-state index contributed by atoms with van der Waals surface area (Å²) in [5.74, 6) is 0.720. The van der Waals surface area contributed by atoms with Crippen LogP contribution in [0.15, 0.2) is 6.33 Å². The van der Waals surface area contributed by atoms with Crippen molar-refractivity contribution in [2.75, 3.05) is 25.6 Å². The number of aromatic nitrogens is 4. The van der Waals surface area contributed by atoms with Gasteiger partial charge < -0.3 is 14.6 Å². The second-order valence-electron chi connectivity index (χ2n) is 4.53. The second kappa shape index (κ2) is 6.16. The number of hydrogen-bond donors (Lipinski definition) is 1. The third-order valence-corrected chi connectivity index (χ3v) is 2.94. The molecule has 1 N–H and O–H groups in total. The molecule has 0 radical (unpaired) electrons. The number of rotatable bonds is 6. The molecule has 2 heterocycles. The van der Waals surface area contributed by atoms with Gasteiger partial charge in [-0.05, 0) is 31.9 Å². The zero-order valence-electron chi connectivity index (χ0n) is 11.4. The van der Waals surface area contributed by atoms with Crippen LogP contribution >= 0.6 is 11.6 Å². The average molecular weight is 284 g/mol. The van der Waals surface area contributed by atoms with Crippen molar-refractivity contribution in [3.05, 3.63) is 11.6 Å². The lowest BCUT2D eigenvalue weighted by atomic mass is 10.3. The van der Waals surface area contributed by atoms with Gasteiger partial charge in [0.2, 0.25) is 5.28 Å². The van der Waals surface area contributed by atoms with Crippen LogP contribution in [0.3, 0.4) is 0 Å². The van der Waals surface area contributed by atoms with E-state index in [2.05, 4.69) is 34.1 Å². The van der Waals surface area contributed by atoms with Crippen LogP contribution in [0.5, 0.6) is 0 Å². The lowest BCUT2D eigenvalue weighted by Gasteiger charge is -2.12. The summed E-state index contributed by atoms with van der Waals surface area (Å²) in [7, 11) is 1.69. The summed E-state index contributed by atoms with van der Waals surface area (Å²) in [5.41, 5.74) is 1.50. The Morgan fingerprint density at radius 1 is 1.42 bits per heavy atom. The number of halogens is 1. The first-order valence-electron chi connectivity index (χ1n) is 6.26. The summed E-state index contributed by atoms with van der Waals surface area (Å²) in [5, 5.41) is 3.47. The predicted octanol–water partition coefficient (Wildman–Crippen LogP) is 2.51. The van der Waals surface area contributed by atoms with E-state index >= 15 is 0 Å². The summed E-state index contributed by atoms with van der Waals surface area (Å²) < 4.78 is 7.05. The quantitative estimate of drug-likeness (QED) is 0.652. The Balaban J connectivity index is 2.31. The molecule has 0 aliphatic rings. The molecule has 0 unspecified atom stereocenters. The molecular weight excluding hydrogens is 266 g/mol. The Morgan fingerprint density at radius 2 is 2.21 bits per heavy atom. The first-order chi connectivity index (χ1) is 9.13. The molecule has 2 aromatic heterocycles. The van der Waals surface area contributed by atoms with Gasteiger partial charge in [-0.1, -0.05) is 0 Å². The first-order valence-corrected chi connectivity index (χ1v) is 6.64. The van der Waals surface area contributed by atoms with Crippen LogP contribution in [-0.4, -0.2) is 39.8 Å². The highest BCUT2D eigenvalue weighted by Crippen LogP contribution is 2.24. The molecule has 0 aromatic carbocycles. The minimum atomic E-state index is 0.204. The van der Waals surface area contributed by atoms with E-state index in [4.69, 9.17) is 16.3 Å². The molecule has 7 heteroatoms. The minimum Gasteiger partial charge on any atom is -0.385 e. The fourth-order valence-electron chi connectivity index (χ4n) is 1.86. The summed E-state index contributed by atoms with van der Waals surface area (Å²) in [6, 6.07) is 0.286. The number of hydrogen-bond acceptors (Lipinski definition) is 5.